The van der Waals surface area contributed by atoms with Crippen molar-refractivity contribution >= 4 is 15.9 Å². The molecule has 0 spiro atoms. The van der Waals surface area contributed by atoms with Gasteiger partial charge in [0.15, 0.2) is 5.82 Å². The highest BCUT2D eigenvalue weighted by Gasteiger charge is 2.07. The quantitative estimate of drug-likeness (QED) is 0.732. The lowest BCUT2D eigenvalue weighted by molar-refractivity contribution is 0.199. The van der Waals surface area contributed by atoms with Crippen LogP contribution in [0.25, 0.3) is 0 Å². The van der Waals surface area contributed by atoms with Gasteiger partial charge in [0.25, 0.3) is 0 Å². The van der Waals surface area contributed by atoms with E-state index in [1.165, 1.54) is 0 Å². The van der Waals surface area contributed by atoms with Gasteiger partial charge < -0.3 is 14.8 Å². The third-order valence-electron chi connectivity index (χ3n) is 2.92. The zero-order chi connectivity index (χ0) is 15.1. The van der Waals surface area contributed by atoms with E-state index in [4.69, 9.17) is 9.47 Å². The number of methoxy groups -OCH3 is 2. The van der Waals surface area contributed by atoms with Gasteiger partial charge in [-0.2, -0.15) is 5.10 Å². The molecule has 1 N–H and O–H groups in total. The second-order valence-corrected chi connectivity index (χ2v) is 5.40. The van der Waals surface area contributed by atoms with Crippen molar-refractivity contribution in [3.63, 3.8) is 0 Å². The highest BCUT2D eigenvalue weighted by Crippen LogP contribution is 2.23. The molecule has 0 unspecified atom stereocenters. The van der Waals surface area contributed by atoms with Crippen LogP contribution in [0.5, 0.6) is 5.75 Å². The monoisotopic (exact) mass is 354 g/mol. The summed E-state index contributed by atoms with van der Waals surface area (Å²) in [7, 11) is 3.35. The molecule has 0 fully saturated rings. The van der Waals surface area contributed by atoms with Gasteiger partial charge >= 0.3 is 0 Å². The molecule has 0 saturated heterocycles. The predicted molar refractivity (Wildman–Crippen MR) is 83.4 cm³/mol. The minimum atomic E-state index is 0.619. The summed E-state index contributed by atoms with van der Waals surface area (Å²) in [6.07, 6.45) is 1.73. The summed E-state index contributed by atoms with van der Waals surface area (Å²) in [6, 6.07) is 5.91. The van der Waals surface area contributed by atoms with Gasteiger partial charge in [-0.05, 0) is 18.2 Å². The van der Waals surface area contributed by atoms with Crippen molar-refractivity contribution in [2.75, 3.05) is 27.4 Å². The summed E-state index contributed by atoms with van der Waals surface area (Å²) < 4.78 is 13.2. The summed E-state index contributed by atoms with van der Waals surface area (Å²) >= 11 is 3.47. The van der Waals surface area contributed by atoms with Crippen LogP contribution in [0.2, 0.25) is 0 Å². The topological polar surface area (TPSA) is 61.2 Å². The maximum Gasteiger partial charge on any atom is 0.164 e. The summed E-state index contributed by atoms with van der Waals surface area (Å²) in [5, 5.41) is 7.66. The average Bonchev–Trinajstić information content (AvgIpc) is 2.91. The zero-order valence-electron chi connectivity index (χ0n) is 12.2. The Kier molecular flexibility index (Phi) is 6.16. The molecule has 0 saturated carbocycles. The molecule has 6 nitrogen and oxygen atoms in total. The van der Waals surface area contributed by atoms with Crippen molar-refractivity contribution < 1.29 is 9.47 Å². The highest BCUT2D eigenvalue weighted by molar-refractivity contribution is 9.10. The van der Waals surface area contributed by atoms with E-state index >= 15 is 0 Å². The third kappa shape index (κ3) is 4.80. The number of hydrogen-bond acceptors (Lipinski definition) is 5. The highest BCUT2D eigenvalue weighted by atomic mass is 79.9. The van der Waals surface area contributed by atoms with Crippen LogP contribution < -0.4 is 10.1 Å². The van der Waals surface area contributed by atoms with Gasteiger partial charge in [0, 0.05) is 23.7 Å². The lowest BCUT2D eigenvalue weighted by Gasteiger charge is -2.08. The smallest absolute Gasteiger partial charge is 0.164 e. The van der Waals surface area contributed by atoms with E-state index in [-0.39, 0.29) is 0 Å². The van der Waals surface area contributed by atoms with E-state index in [1.807, 2.05) is 18.2 Å². The van der Waals surface area contributed by atoms with Crippen molar-refractivity contribution in [3.05, 3.63) is 40.4 Å². The van der Waals surface area contributed by atoms with Crippen LogP contribution in [-0.2, 0) is 17.8 Å². The molecule has 0 aliphatic heterocycles. The first-order valence-electron chi connectivity index (χ1n) is 6.63. The van der Waals surface area contributed by atoms with Crippen molar-refractivity contribution in [2.24, 2.45) is 0 Å². The van der Waals surface area contributed by atoms with Gasteiger partial charge in [0.05, 0.1) is 26.8 Å². The number of benzene rings is 1. The Morgan fingerprint density at radius 2 is 2.19 bits per heavy atom. The van der Waals surface area contributed by atoms with Crippen LogP contribution in [-0.4, -0.2) is 42.1 Å². The average molecular weight is 355 g/mol. The molecule has 0 aliphatic carbocycles. The van der Waals surface area contributed by atoms with Crippen LogP contribution in [0.15, 0.2) is 29.0 Å². The standard InChI is InChI=1S/C14H19BrN4O2/c1-20-6-5-16-8-14-17-10-19(18-14)9-11-7-12(15)3-4-13(11)21-2/h3-4,7,10,16H,5-6,8-9H2,1-2H3. The number of hydrogen-bond donors (Lipinski definition) is 1. The first kappa shape index (κ1) is 15.9. The van der Waals surface area contributed by atoms with Crippen molar-refractivity contribution in [3.8, 4) is 5.75 Å². The van der Waals surface area contributed by atoms with E-state index < -0.39 is 0 Å². The third-order valence-corrected chi connectivity index (χ3v) is 3.42. The maximum absolute atomic E-state index is 5.36. The molecule has 1 aromatic carbocycles. The van der Waals surface area contributed by atoms with Gasteiger partial charge in [0.2, 0.25) is 0 Å². The molecule has 2 aromatic rings. The number of aromatic nitrogens is 3. The van der Waals surface area contributed by atoms with Gasteiger partial charge in [-0.25, -0.2) is 9.67 Å². The molecule has 0 aliphatic rings. The second kappa shape index (κ2) is 8.11. The lowest BCUT2D eigenvalue weighted by Crippen LogP contribution is -2.19. The van der Waals surface area contributed by atoms with E-state index in [0.717, 1.165) is 28.2 Å². The molecule has 1 heterocycles. The molecule has 114 valence electrons. The molecule has 2 rings (SSSR count). The summed E-state index contributed by atoms with van der Waals surface area (Å²) in [5.74, 6) is 1.61. The Hall–Kier alpha value is -1.44. The van der Waals surface area contributed by atoms with E-state index in [1.54, 1.807) is 25.2 Å². The summed E-state index contributed by atoms with van der Waals surface area (Å²) in [4.78, 5) is 4.28. The van der Waals surface area contributed by atoms with E-state index in [9.17, 15) is 0 Å². The molecule has 0 atom stereocenters. The number of ether oxygens (including phenoxy) is 2. The van der Waals surface area contributed by atoms with E-state index in [0.29, 0.717) is 19.7 Å². The van der Waals surface area contributed by atoms with Crippen LogP contribution in [0, 0.1) is 0 Å². The molecule has 0 bridgehead atoms. The Morgan fingerprint density at radius 1 is 1.33 bits per heavy atom. The zero-order valence-corrected chi connectivity index (χ0v) is 13.8. The number of nitrogens with one attached hydrogen (secondary N) is 1. The molecule has 0 radical (unpaired) electrons. The Morgan fingerprint density at radius 3 is 2.95 bits per heavy atom. The van der Waals surface area contributed by atoms with Crippen LogP contribution >= 0.6 is 15.9 Å². The lowest BCUT2D eigenvalue weighted by atomic mass is 10.2. The molecular weight excluding hydrogens is 336 g/mol. The summed E-state index contributed by atoms with van der Waals surface area (Å²) in [6.45, 7) is 2.71. The fourth-order valence-corrected chi connectivity index (χ4v) is 2.32. The molecular formula is C14H19BrN4O2. The number of nitrogens with zero attached hydrogens (tertiary/aromatic N) is 3. The first-order chi connectivity index (χ1) is 10.2. The minimum absolute atomic E-state index is 0.619. The Balaban J connectivity index is 1.97. The minimum Gasteiger partial charge on any atom is -0.496 e. The molecule has 21 heavy (non-hydrogen) atoms. The normalized spacial score (nSPS) is 10.8. The molecule has 7 heteroatoms. The van der Waals surface area contributed by atoms with Gasteiger partial charge in [-0.3, -0.25) is 0 Å². The van der Waals surface area contributed by atoms with Crippen LogP contribution in [0.1, 0.15) is 11.4 Å². The van der Waals surface area contributed by atoms with Gasteiger partial charge in [-0.1, -0.05) is 15.9 Å². The van der Waals surface area contributed by atoms with Crippen LogP contribution in [0.3, 0.4) is 0 Å². The van der Waals surface area contributed by atoms with Gasteiger partial charge in [0.1, 0.15) is 12.1 Å². The predicted octanol–water partition coefficient (Wildman–Crippen LogP) is 1.83. The van der Waals surface area contributed by atoms with Crippen molar-refractivity contribution in [1.82, 2.24) is 20.1 Å². The summed E-state index contributed by atoms with van der Waals surface area (Å²) in [5.41, 5.74) is 1.05. The molecule has 1 aromatic heterocycles. The van der Waals surface area contributed by atoms with Crippen LogP contribution in [0.4, 0.5) is 0 Å². The fourth-order valence-electron chi connectivity index (χ4n) is 1.91. The number of halogens is 1. The Labute approximate surface area is 132 Å². The van der Waals surface area contributed by atoms with Crippen molar-refractivity contribution in [1.29, 1.82) is 0 Å². The molecule has 0 amide bonds. The largest absolute Gasteiger partial charge is 0.496 e. The Bertz CT molecular complexity index is 574. The second-order valence-electron chi connectivity index (χ2n) is 4.48. The van der Waals surface area contributed by atoms with Gasteiger partial charge in [-0.15, -0.1) is 0 Å². The van der Waals surface area contributed by atoms with E-state index in [2.05, 4.69) is 31.3 Å². The number of rotatable bonds is 8. The SMILES string of the molecule is COCCNCc1ncn(Cc2cc(Br)ccc2OC)n1. The van der Waals surface area contributed by atoms with Crippen molar-refractivity contribution in [2.45, 2.75) is 13.1 Å². The maximum atomic E-state index is 5.36. The fraction of sp³-hybridized carbons (Fsp3) is 0.429. The first-order valence-corrected chi connectivity index (χ1v) is 7.42.